The van der Waals surface area contributed by atoms with Crippen LogP contribution in [0.2, 0.25) is 0 Å². The van der Waals surface area contributed by atoms with Crippen molar-refractivity contribution < 1.29 is 5.21 Å². The van der Waals surface area contributed by atoms with Crippen molar-refractivity contribution in [2.24, 2.45) is 10.9 Å². The third-order valence-electron chi connectivity index (χ3n) is 1.87. The minimum absolute atomic E-state index is 0.134. The van der Waals surface area contributed by atoms with Crippen LogP contribution in [-0.4, -0.2) is 15.6 Å². The van der Waals surface area contributed by atoms with Crippen molar-refractivity contribution in [1.29, 1.82) is 0 Å². The smallest absolute Gasteiger partial charge is 0.173 e. The minimum Gasteiger partial charge on any atom is -0.409 e. The lowest BCUT2D eigenvalue weighted by atomic mass is 10.3. The fourth-order valence-electron chi connectivity index (χ4n) is 1.22. The molecule has 0 aromatic carbocycles. The van der Waals surface area contributed by atoms with Crippen LogP contribution in [0.5, 0.6) is 0 Å². The van der Waals surface area contributed by atoms with Gasteiger partial charge < -0.3 is 15.5 Å². The molecular weight excluding hydrogens is 198 g/mol. The summed E-state index contributed by atoms with van der Waals surface area (Å²) in [5, 5.41) is 14.4. The summed E-state index contributed by atoms with van der Waals surface area (Å²) in [5.41, 5.74) is 6.28. The summed E-state index contributed by atoms with van der Waals surface area (Å²) in [6, 6.07) is 5.68. The Morgan fingerprint density at radius 3 is 2.79 bits per heavy atom. The Morgan fingerprint density at radius 1 is 1.43 bits per heavy atom. The molecule has 0 fully saturated rings. The first-order chi connectivity index (χ1) is 6.83. The topological polar surface area (TPSA) is 63.5 Å². The molecule has 0 bridgehead atoms. The highest BCUT2D eigenvalue weighted by molar-refractivity contribution is 7.13. The number of rotatable bonds is 2. The number of hydrogen-bond acceptors (Lipinski definition) is 3. The first-order valence-electron chi connectivity index (χ1n) is 4.01. The van der Waals surface area contributed by atoms with E-state index in [0.717, 1.165) is 10.6 Å². The van der Waals surface area contributed by atoms with E-state index in [-0.39, 0.29) is 5.84 Å². The molecule has 2 aromatic heterocycles. The fraction of sp³-hybridized carbons (Fsp3) is 0. The van der Waals surface area contributed by atoms with Gasteiger partial charge in [-0.15, -0.1) is 11.3 Å². The Bertz CT molecular complexity index is 444. The van der Waals surface area contributed by atoms with Crippen LogP contribution in [0.15, 0.2) is 41.1 Å². The highest BCUT2D eigenvalue weighted by Gasteiger charge is 2.09. The van der Waals surface area contributed by atoms with Gasteiger partial charge >= 0.3 is 0 Å². The molecule has 0 saturated heterocycles. The molecule has 0 atom stereocenters. The standard InChI is InChI=1S/C9H9N3OS/c10-8(11-13)7-3-6-14-9(7)12-4-1-2-5-12/h1-6,13H,(H2,10,11). The fourth-order valence-corrected chi connectivity index (χ4v) is 2.10. The lowest BCUT2D eigenvalue weighted by Gasteiger charge is -2.02. The van der Waals surface area contributed by atoms with Crippen LogP contribution in [0.25, 0.3) is 5.00 Å². The second-order valence-corrected chi connectivity index (χ2v) is 3.61. The number of hydrogen-bond donors (Lipinski definition) is 2. The Morgan fingerprint density at radius 2 is 2.14 bits per heavy atom. The molecule has 0 saturated carbocycles. The average molecular weight is 207 g/mol. The number of amidine groups is 1. The molecule has 0 unspecified atom stereocenters. The van der Waals surface area contributed by atoms with E-state index >= 15 is 0 Å². The zero-order chi connectivity index (χ0) is 9.97. The summed E-state index contributed by atoms with van der Waals surface area (Å²) in [5.74, 6) is 0.134. The Hall–Kier alpha value is -1.75. The van der Waals surface area contributed by atoms with Crippen molar-refractivity contribution in [3.8, 4) is 5.00 Å². The highest BCUT2D eigenvalue weighted by atomic mass is 32.1. The van der Waals surface area contributed by atoms with E-state index in [9.17, 15) is 0 Å². The second-order valence-electron chi connectivity index (χ2n) is 2.71. The SMILES string of the molecule is NC(=NO)c1ccsc1-n1cccc1. The Balaban J connectivity index is 2.50. The summed E-state index contributed by atoms with van der Waals surface area (Å²) in [6.45, 7) is 0. The molecule has 72 valence electrons. The molecule has 0 aliphatic carbocycles. The van der Waals surface area contributed by atoms with Gasteiger partial charge in [0, 0.05) is 12.4 Å². The van der Waals surface area contributed by atoms with E-state index < -0.39 is 0 Å². The van der Waals surface area contributed by atoms with Gasteiger partial charge in [0.15, 0.2) is 5.84 Å². The second kappa shape index (κ2) is 3.55. The van der Waals surface area contributed by atoms with Gasteiger partial charge in [-0.3, -0.25) is 0 Å². The zero-order valence-electron chi connectivity index (χ0n) is 7.29. The van der Waals surface area contributed by atoms with E-state index in [1.165, 1.54) is 0 Å². The zero-order valence-corrected chi connectivity index (χ0v) is 8.11. The largest absolute Gasteiger partial charge is 0.409 e. The predicted molar refractivity (Wildman–Crippen MR) is 56.2 cm³/mol. The quantitative estimate of drug-likeness (QED) is 0.340. The first kappa shape index (κ1) is 8.83. The molecule has 5 heteroatoms. The molecule has 0 aliphatic rings. The van der Waals surface area contributed by atoms with Crippen LogP contribution in [0, 0.1) is 0 Å². The molecule has 14 heavy (non-hydrogen) atoms. The summed E-state index contributed by atoms with van der Waals surface area (Å²) in [7, 11) is 0. The average Bonchev–Trinajstić information content (AvgIpc) is 2.85. The summed E-state index contributed by atoms with van der Waals surface area (Å²) in [4.78, 5) is 0. The van der Waals surface area contributed by atoms with Crippen molar-refractivity contribution >= 4 is 17.2 Å². The lowest BCUT2D eigenvalue weighted by molar-refractivity contribution is 0.318. The molecular formula is C9H9N3OS. The monoisotopic (exact) mass is 207 g/mol. The molecule has 2 heterocycles. The Labute approximate surface area is 84.9 Å². The minimum atomic E-state index is 0.134. The van der Waals surface area contributed by atoms with Crippen molar-refractivity contribution in [3.05, 3.63) is 41.5 Å². The number of thiophene rings is 1. The van der Waals surface area contributed by atoms with E-state index in [1.54, 1.807) is 11.3 Å². The third kappa shape index (κ3) is 1.38. The maximum absolute atomic E-state index is 8.59. The maximum Gasteiger partial charge on any atom is 0.173 e. The number of aromatic nitrogens is 1. The van der Waals surface area contributed by atoms with E-state index in [4.69, 9.17) is 10.9 Å². The van der Waals surface area contributed by atoms with Gasteiger partial charge in [0.25, 0.3) is 0 Å². The molecule has 0 spiro atoms. The van der Waals surface area contributed by atoms with E-state index in [0.29, 0.717) is 0 Å². The lowest BCUT2D eigenvalue weighted by Crippen LogP contribution is -2.14. The molecule has 4 nitrogen and oxygen atoms in total. The highest BCUT2D eigenvalue weighted by Crippen LogP contribution is 2.21. The first-order valence-corrected chi connectivity index (χ1v) is 4.89. The normalized spacial score (nSPS) is 11.9. The molecule has 0 radical (unpaired) electrons. The number of nitrogens with zero attached hydrogens (tertiary/aromatic N) is 2. The predicted octanol–water partition coefficient (Wildman–Crippen LogP) is 1.63. The van der Waals surface area contributed by atoms with Crippen molar-refractivity contribution in [1.82, 2.24) is 4.57 Å². The van der Waals surface area contributed by atoms with Gasteiger partial charge in [0.1, 0.15) is 5.00 Å². The number of nitrogens with two attached hydrogens (primary N) is 1. The van der Waals surface area contributed by atoms with Gasteiger partial charge in [-0.05, 0) is 23.6 Å². The van der Waals surface area contributed by atoms with Crippen LogP contribution in [0.1, 0.15) is 5.56 Å². The third-order valence-corrected chi connectivity index (χ3v) is 2.79. The number of oxime groups is 1. The van der Waals surface area contributed by atoms with Crippen molar-refractivity contribution in [2.75, 3.05) is 0 Å². The van der Waals surface area contributed by atoms with Gasteiger partial charge in [-0.25, -0.2) is 0 Å². The van der Waals surface area contributed by atoms with Crippen molar-refractivity contribution in [3.63, 3.8) is 0 Å². The van der Waals surface area contributed by atoms with Gasteiger partial charge in [-0.1, -0.05) is 5.16 Å². The Kier molecular flexibility index (Phi) is 2.24. The van der Waals surface area contributed by atoms with Gasteiger partial charge in [0.05, 0.1) is 5.56 Å². The molecule has 2 aromatic rings. The summed E-state index contributed by atoms with van der Waals surface area (Å²) < 4.78 is 1.93. The van der Waals surface area contributed by atoms with Crippen LogP contribution in [0.4, 0.5) is 0 Å². The van der Waals surface area contributed by atoms with Gasteiger partial charge in [0.2, 0.25) is 0 Å². The summed E-state index contributed by atoms with van der Waals surface area (Å²) >= 11 is 1.54. The van der Waals surface area contributed by atoms with Crippen LogP contribution in [0.3, 0.4) is 0 Å². The van der Waals surface area contributed by atoms with Gasteiger partial charge in [-0.2, -0.15) is 0 Å². The molecule has 0 amide bonds. The summed E-state index contributed by atoms with van der Waals surface area (Å²) in [6.07, 6.45) is 3.83. The molecule has 0 aliphatic heterocycles. The molecule has 3 N–H and O–H groups in total. The van der Waals surface area contributed by atoms with E-state index in [2.05, 4.69) is 5.16 Å². The maximum atomic E-state index is 8.59. The van der Waals surface area contributed by atoms with Crippen LogP contribution >= 0.6 is 11.3 Å². The van der Waals surface area contributed by atoms with Crippen molar-refractivity contribution in [2.45, 2.75) is 0 Å². The van der Waals surface area contributed by atoms with E-state index in [1.807, 2.05) is 40.5 Å². The molecule has 2 rings (SSSR count). The van der Waals surface area contributed by atoms with Crippen LogP contribution < -0.4 is 5.73 Å². The van der Waals surface area contributed by atoms with Crippen LogP contribution in [-0.2, 0) is 0 Å².